The minimum Gasteiger partial charge on any atom is -0.497 e. The molecule has 1 aliphatic heterocycles. The van der Waals surface area contributed by atoms with E-state index in [9.17, 15) is 4.79 Å². The van der Waals surface area contributed by atoms with Gasteiger partial charge < -0.3 is 14.8 Å². The number of rotatable bonds is 10. The third-order valence-electron chi connectivity index (χ3n) is 5.79. The second-order valence-corrected chi connectivity index (χ2v) is 8.88. The second-order valence-electron chi connectivity index (χ2n) is 8.07. The molecule has 1 aliphatic rings. The molecule has 3 rings (SSSR count). The van der Waals surface area contributed by atoms with Gasteiger partial charge in [-0.2, -0.15) is 0 Å². The van der Waals surface area contributed by atoms with Gasteiger partial charge in [-0.15, -0.1) is 0 Å². The molecule has 1 fully saturated rings. The Balaban J connectivity index is 1.71. The number of nitrogens with one attached hydrogen (secondary N) is 1. The van der Waals surface area contributed by atoms with Crippen LogP contribution in [0.4, 0.5) is 0 Å². The molecular weight excluding hydrogens is 447 g/mol. The molecule has 5 nitrogen and oxygen atoms in total. The molecule has 0 aliphatic carbocycles. The van der Waals surface area contributed by atoms with E-state index in [1.807, 2.05) is 12.1 Å². The van der Waals surface area contributed by atoms with Crippen LogP contribution in [0, 0.1) is 0 Å². The van der Waals surface area contributed by atoms with Gasteiger partial charge in [0.15, 0.2) is 5.75 Å². The normalized spacial score (nSPS) is 15.2. The van der Waals surface area contributed by atoms with E-state index in [1.165, 1.54) is 19.3 Å². The lowest BCUT2D eigenvalue weighted by Gasteiger charge is -2.35. The number of ether oxygens (including phenoxy) is 2. The summed E-state index contributed by atoms with van der Waals surface area (Å²) in [5.74, 6) is 1.05. The van der Waals surface area contributed by atoms with Crippen molar-refractivity contribution in [2.75, 3.05) is 33.4 Å². The molecule has 0 spiro atoms. The molecule has 1 heterocycles. The number of amides is 1. The zero-order chi connectivity index (χ0) is 22.9. The summed E-state index contributed by atoms with van der Waals surface area (Å²) in [4.78, 5) is 15.4. The number of nitrogens with zero attached hydrogens (tertiary/aromatic N) is 1. The molecule has 2 aromatic carbocycles. The Bertz CT molecular complexity index is 860. The van der Waals surface area contributed by atoms with Gasteiger partial charge >= 0.3 is 0 Å². The van der Waals surface area contributed by atoms with Crippen LogP contribution in [-0.4, -0.2) is 44.2 Å². The van der Waals surface area contributed by atoms with Crippen molar-refractivity contribution in [2.45, 2.75) is 45.1 Å². The summed E-state index contributed by atoms with van der Waals surface area (Å²) in [5.41, 5.74) is 1.58. The van der Waals surface area contributed by atoms with Crippen molar-refractivity contribution in [1.82, 2.24) is 10.2 Å². The van der Waals surface area contributed by atoms with Gasteiger partial charge in [0.2, 0.25) is 0 Å². The standard InChI is InChI=1S/C25H32Cl2N2O3/c1-3-4-14-32-24-21(26)15-19(16-22(24)27)25(30)28-17-23(29-12-6-5-7-13-29)18-8-10-20(31-2)11-9-18/h8-11,15-16,23H,3-7,12-14,17H2,1-2H3,(H,28,30). The predicted molar refractivity (Wildman–Crippen MR) is 130 cm³/mol. The van der Waals surface area contributed by atoms with Crippen LogP contribution >= 0.6 is 23.2 Å². The van der Waals surface area contributed by atoms with E-state index in [2.05, 4.69) is 29.3 Å². The van der Waals surface area contributed by atoms with Gasteiger partial charge in [0.1, 0.15) is 5.75 Å². The maximum absolute atomic E-state index is 12.9. The van der Waals surface area contributed by atoms with E-state index in [1.54, 1.807) is 19.2 Å². The van der Waals surface area contributed by atoms with E-state index in [4.69, 9.17) is 32.7 Å². The van der Waals surface area contributed by atoms with Gasteiger partial charge in [-0.05, 0) is 62.2 Å². The Morgan fingerprint density at radius 3 is 2.34 bits per heavy atom. The van der Waals surface area contributed by atoms with Crippen molar-refractivity contribution < 1.29 is 14.3 Å². The fourth-order valence-corrected chi connectivity index (χ4v) is 4.55. The highest BCUT2D eigenvalue weighted by molar-refractivity contribution is 6.37. The summed E-state index contributed by atoms with van der Waals surface area (Å²) in [7, 11) is 1.66. The first-order valence-electron chi connectivity index (χ1n) is 11.3. The van der Waals surface area contributed by atoms with E-state index < -0.39 is 0 Å². The van der Waals surface area contributed by atoms with Gasteiger partial charge in [0.25, 0.3) is 5.91 Å². The lowest BCUT2D eigenvalue weighted by molar-refractivity contribution is 0.0924. The fraction of sp³-hybridized carbons (Fsp3) is 0.480. The van der Waals surface area contributed by atoms with Crippen LogP contribution in [0.5, 0.6) is 11.5 Å². The monoisotopic (exact) mass is 478 g/mol. The molecular formula is C25H32Cl2N2O3. The highest BCUT2D eigenvalue weighted by atomic mass is 35.5. The first kappa shape index (κ1) is 24.7. The summed E-state index contributed by atoms with van der Waals surface area (Å²) < 4.78 is 11.0. The van der Waals surface area contributed by atoms with Gasteiger partial charge in [0, 0.05) is 12.1 Å². The van der Waals surface area contributed by atoms with Crippen molar-refractivity contribution in [3.8, 4) is 11.5 Å². The average molecular weight is 479 g/mol. The Kier molecular flexibility index (Phi) is 9.51. The molecule has 1 N–H and O–H groups in total. The summed E-state index contributed by atoms with van der Waals surface area (Å²) >= 11 is 12.7. The van der Waals surface area contributed by atoms with E-state index in [0.717, 1.165) is 37.2 Å². The predicted octanol–water partition coefficient (Wildman–Crippen LogP) is 6.14. The number of carbonyl (C=O) groups is 1. The third-order valence-corrected chi connectivity index (χ3v) is 6.35. The zero-order valence-corrected chi connectivity index (χ0v) is 20.3. The minimum absolute atomic E-state index is 0.0905. The number of likely N-dealkylation sites (tertiary alicyclic amines) is 1. The highest BCUT2D eigenvalue weighted by Crippen LogP contribution is 2.34. The SMILES string of the molecule is CCCCOc1c(Cl)cc(C(=O)NCC(c2ccc(OC)cc2)N2CCCCC2)cc1Cl. The van der Waals surface area contributed by atoms with E-state index in [0.29, 0.717) is 34.5 Å². The fourth-order valence-electron chi connectivity index (χ4n) is 3.95. The van der Waals surface area contributed by atoms with Gasteiger partial charge in [0.05, 0.1) is 29.8 Å². The molecule has 174 valence electrons. The maximum Gasteiger partial charge on any atom is 0.251 e. The number of benzene rings is 2. The Morgan fingerprint density at radius 1 is 1.09 bits per heavy atom. The molecule has 7 heteroatoms. The number of carbonyl (C=O) groups excluding carboxylic acids is 1. The third kappa shape index (κ3) is 6.53. The number of methoxy groups -OCH3 is 1. The summed E-state index contributed by atoms with van der Waals surface area (Å²) in [5, 5.41) is 3.78. The topological polar surface area (TPSA) is 50.8 Å². The Hall–Kier alpha value is -1.95. The van der Waals surface area contributed by atoms with Gasteiger partial charge in [-0.25, -0.2) is 0 Å². The molecule has 0 saturated carbocycles. The van der Waals surface area contributed by atoms with Crippen molar-refractivity contribution in [3.63, 3.8) is 0 Å². The number of hydrogen-bond donors (Lipinski definition) is 1. The molecule has 32 heavy (non-hydrogen) atoms. The molecule has 0 bridgehead atoms. The molecule has 0 aromatic heterocycles. The zero-order valence-electron chi connectivity index (χ0n) is 18.8. The Labute approximate surface area is 201 Å². The molecule has 0 radical (unpaired) electrons. The van der Waals surface area contributed by atoms with E-state index >= 15 is 0 Å². The second kappa shape index (κ2) is 12.3. The van der Waals surface area contributed by atoms with Crippen LogP contribution in [0.15, 0.2) is 36.4 Å². The lowest BCUT2D eigenvalue weighted by Crippen LogP contribution is -2.40. The number of hydrogen-bond acceptors (Lipinski definition) is 4. The van der Waals surface area contributed by atoms with Crippen LogP contribution in [0.2, 0.25) is 10.0 Å². The van der Waals surface area contributed by atoms with Crippen LogP contribution < -0.4 is 14.8 Å². The molecule has 2 aromatic rings. The average Bonchev–Trinajstić information content (AvgIpc) is 2.82. The van der Waals surface area contributed by atoms with Crippen molar-refractivity contribution >= 4 is 29.1 Å². The number of unbranched alkanes of at least 4 members (excludes halogenated alkanes) is 1. The molecule has 1 atom stereocenters. The van der Waals surface area contributed by atoms with Crippen molar-refractivity contribution in [3.05, 3.63) is 57.6 Å². The molecule has 1 unspecified atom stereocenters. The smallest absolute Gasteiger partial charge is 0.251 e. The number of halogens is 2. The quantitative estimate of drug-likeness (QED) is 0.416. The van der Waals surface area contributed by atoms with Crippen LogP contribution in [-0.2, 0) is 0 Å². The van der Waals surface area contributed by atoms with Crippen molar-refractivity contribution in [1.29, 1.82) is 0 Å². The summed E-state index contributed by atoms with van der Waals surface area (Å²) in [6.45, 7) is 5.17. The van der Waals surface area contributed by atoms with Crippen LogP contribution in [0.25, 0.3) is 0 Å². The largest absolute Gasteiger partial charge is 0.497 e. The van der Waals surface area contributed by atoms with Crippen molar-refractivity contribution in [2.24, 2.45) is 0 Å². The minimum atomic E-state index is -0.204. The Morgan fingerprint density at radius 2 is 1.75 bits per heavy atom. The lowest BCUT2D eigenvalue weighted by atomic mass is 10.0. The van der Waals surface area contributed by atoms with E-state index in [-0.39, 0.29) is 11.9 Å². The molecule has 1 amide bonds. The van der Waals surface area contributed by atoms with Crippen LogP contribution in [0.1, 0.15) is 61.0 Å². The summed E-state index contributed by atoms with van der Waals surface area (Å²) in [6.07, 6.45) is 5.53. The van der Waals surface area contributed by atoms with Gasteiger partial charge in [-0.3, -0.25) is 9.69 Å². The number of piperidine rings is 1. The first-order chi connectivity index (χ1) is 15.5. The summed E-state index contributed by atoms with van der Waals surface area (Å²) in [6, 6.07) is 11.4. The maximum atomic E-state index is 12.9. The van der Waals surface area contributed by atoms with Crippen LogP contribution in [0.3, 0.4) is 0 Å². The molecule has 1 saturated heterocycles. The highest BCUT2D eigenvalue weighted by Gasteiger charge is 2.23. The first-order valence-corrected chi connectivity index (χ1v) is 12.1. The van der Waals surface area contributed by atoms with Gasteiger partial charge in [-0.1, -0.05) is 55.1 Å².